The molecule has 29 heavy (non-hydrogen) atoms. The smallest absolute Gasteiger partial charge is 0.321 e. The molecule has 2 amide bonds. The van der Waals surface area contributed by atoms with Crippen LogP contribution in [0.25, 0.3) is 5.82 Å². The largest absolute Gasteiger partial charge is 0.352 e. The second kappa shape index (κ2) is 8.08. The van der Waals surface area contributed by atoms with Crippen LogP contribution in [0.1, 0.15) is 11.3 Å². The minimum Gasteiger partial charge on any atom is -0.352 e. The zero-order valence-corrected chi connectivity index (χ0v) is 17.1. The lowest BCUT2D eigenvalue weighted by atomic mass is 10.2. The van der Waals surface area contributed by atoms with Gasteiger partial charge in [0.25, 0.3) is 0 Å². The lowest BCUT2D eigenvalue weighted by Crippen LogP contribution is -2.50. The number of nitrogens with zero attached hydrogens (tertiary/aromatic N) is 6. The monoisotopic (exact) mass is 411 g/mol. The minimum atomic E-state index is -0.125. The summed E-state index contributed by atoms with van der Waals surface area (Å²) in [6.45, 7) is 6.45. The molecule has 1 aliphatic heterocycles. The maximum absolute atomic E-state index is 12.5. The van der Waals surface area contributed by atoms with Crippen molar-refractivity contribution in [1.29, 1.82) is 0 Å². The van der Waals surface area contributed by atoms with Gasteiger partial charge in [0.2, 0.25) is 0 Å². The fourth-order valence-corrected chi connectivity index (χ4v) is 3.34. The molecule has 1 fully saturated rings. The summed E-state index contributed by atoms with van der Waals surface area (Å²) in [5.41, 5.74) is 2.61. The summed E-state index contributed by atoms with van der Waals surface area (Å²) in [7, 11) is 0. The van der Waals surface area contributed by atoms with Crippen LogP contribution in [-0.2, 0) is 0 Å². The highest BCUT2D eigenvalue weighted by molar-refractivity contribution is 6.31. The molecule has 0 atom stereocenters. The third-order valence-corrected chi connectivity index (χ3v) is 5.31. The molecule has 0 unspecified atom stereocenters. The number of nitrogens with one attached hydrogen (secondary N) is 1. The van der Waals surface area contributed by atoms with Crippen molar-refractivity contribution in [3.8, 4) is 5.82 Å². The number of hydrogen-bond donors (Lipinski definition) is 1. The van der Waals surface area contributed by atoms with Crippen molar-refractivity contribution < 1.29 is 4.79 Å². The molecule has 8 nitrogen and oxygen atoms in total. The number of carbonyl (C=O) groups is 1. The standard InChI is InChI=1S/C20H22ClN7O/c1-14-3-4-16(13-17(14)21)22-20(29)27-11-9-26(10-12-27)18-5-6-19(24-23-18)28-8-7-15(2)25-28/h3-8,13H,9-12H2,1-2H3,(H,22,29). The normalized spacial score (nSPS) is 14.2. The number of benzene rings is 1. The SMILES string of the molecule is Cc1ccn(-c2ccc(N3CCN(C(=O)Nc4ccc(C)c(Cl)c4)CC3)nn2)n1. The van der Waals surface area contributed by atoms with Crippen LogP contribution in [0.5, 0.6) is 0 Å². The second-order valence-electron chi connectivity index (χ2n) is 7.02. The first kappa shape index (κ1) is 19.2. The average molecular weight is 412 g/mol. The first-order valence-corrected chi connectivity index (χ1v) is 9.81. The molecule has 150 valence electrons. The van der Waals surface area contributed by atoms with Crippen LogP contribution < -0.4 is 10.2 Å². The van der Waals surface area contributed by atoms with Crippen LogP contribution in [0.3, 0.4) is 0 Å². The Morgan fingerprint density at radius 2 is 1.72 bits per heavy atom. The van der Waals surface area contributed by atoms with E-state index in [1.165, 1.54) is 0 Å². The Labute approximate surface area is 174 Å². The number of hydrogen-bond acceptors (Lipinski definition) is 5. The van der Waals surface area contributed by atoms with Crippen molar-refractivity contribution in [3.05, 3.63) is 58.9 Å². The highest BCUT2D eigenvalue weighted by atomic mass is 35.5. The van der Waals surface area contributed by atoms with Gasteiger partial charge in [-0.1, -0.05) is 17.7 Å². The van der Waals surface area contributed by atoms with E-state index < -0.39 is 0 Å². The van der Waals surface area contributed by atoms with E-state index in [-0.39, 0.29) is 6.03 Å². The van der Waals surface area contributed by atoms with E-state index in [0.29, 0.717) is 42.7 Å². The Kier molecular flexibility index (Phi) is 5.35. The second-order valence-corrected chi connectivity index (χ2v) is 7.43. The summed E-state index contributed by atoms with van der Waals surface area (Å²) in [6, 6.07) is 11.1. The molecule has 0 saturated carbocycles. The molecule has 3 heterocycles. The molecule has 0 radical (unpaired) electrons. The van der Waals surface area contributed by atoms with E-state index in [9.17, 15) is 4.79 Å². The number of anilines is 2. The van der Waals surface area contributed by atoms with Crippen molar-refractivity contribution >= 4 is 29.1 Å². The topological polar surface area (TPSA) is 79.2 Å². The van der Waals surface area contributed by atoms with Crippen molar-refractivity contribution in [2.24, 2.45) is 0 Å². The van der Waals surface area contributed by atoms with Crippen molar-refractivity contribution in [3.63, 3.8) is 0 Å². The van der Waals surface area contributed by atoms with E-state index in [4.69, 9.17) is 11.6 Å². The Hall–Kier alpha value is -3.13. The van der Waals surface area contributed by atoms with Crippen LogP contribution in [0.2, 0.25) is 5.02 Å². The first-order valence-electron chi connectivity index (χ1n) is 9.43. The summed E-state index contributed by atoms with van der Waals surface area (Å²) in [6.07, 6.45) is 1.86. The van der Waals surface area contributed by atoms with E-state index in [2.05, 4.69) is 25.5 Å². The van der Waals surface area contributed by atoms with Gasteiger partial charge in [-0.3, -0.25) is 0 Å². The van der Waals surface area contributed by atoms with Gasteiger partial charge < -0.3 is 15.1 Å². The molecule has 1 aliphatic rings. The predicted octanol–water partition coefficient (Wildman–Crippen LogP) is 3.29. The Bertz CT molecular complexity index is 1010. The molecule has 0 bridgehead atoms. The highest BCUT2D eigenvalue weighted by Crippen LogP contribution is 2.21. The van der Waals surface area contributed by atoms with Crippen molar-refractivity contribution in [2.45, 2.75) is 13.8 Å². The van der Waals surface area contributed by atoms with E-state index in [1.54, 1.807) is 15.6 Å². The lowest BCUT2D eigenvalue weighted by Gasteiger charge is -2.35. The van der Waals surface area contributed by atoms with Crippen LogP contribution in [-0.4, -0.2) is 57.1 Å². The van der Waals surface area contributed by atoms with Gasteiger partial charge in [-0.05, 0) is 49.7 Å². The Morgan fingerprint density at radius 1 is 1.00 bits per heavy atom. The van der Waals surface area contributed by atoms with Crippen molar-refractivity contribution in [1.82, 2.24) is 24.9 Å². The maximum atomic E-state index is 12.5. The molecule has 1 aromatic carbocycles. The summed E-state index contributed by atoms with van der Waals surface area (Å²) < 4.78 is 1.70. The van der Waals surface area contributed by atoms with Crippen molar-refractivity contribution in [2.75, 3.05) is 36.4 Å². The molecule has 1 saturated heterocycles. The van der Waals surface area contributed by atoms with Gasteiger partial charge in [-0.25, -0.2) is 9.48 Å². The molecular weight excluding hydrogens is 390 g/mol. The molecule has 0 spiro atoms. The number of halogens is 1. The van der Waals surface area contributed by atoms with E-state index >= 15 is 0 Å². The van der Waals surface area contributed by atoms with Gasteiger partial charge >= 0.3 is 6.03 Å². The van der Waals surface area contributed by atoms with Gasteiger partial charge in [0, 0.05) is 43.1 Å². The minimum absolute atomic E-state index is 0.125. The summed E-state index contributed by atoms with van der Waals surface area (Å²) in [5, 5.41) is 16.5. The third-order valence-electron chi connectivity index (χ3n) is 4.91. The molecule has 3 aromatic rings. The number of aromatic nitrogens is 4. The quantitative estimate of drug-likeness (QED) is 0.715. The number of piperazine rings is 1. The van der Waals surface area contributed by atoms with E-state index in [0.717, 1.165) is 17.1 Å². The summed E-state index contributed by atoms with van der Waals surface area (Å²) in [4.78, 5) is 16.4. The lowest BCUT2D eigenvalue weighted by molar-refractivity contribution is 0.208. The van der Waals surface area contributed by atoms with Gasteiger partial charge in [-0.15, -0.1) is 10.2 Å². The Morgan fingerprint density at radius 3 is 2.34 bits per heavy atom. The van der Waals surface area contributed by atoms with Gasteiger partial charge in [0.05, 0.1) is 5.69 Å². The molecule has 4 rings (SSSR count). The van der Waals surface area contributed by atoms with Crippen LogP contribution in [0, 0.1) is 13.8 Å². The average Bonchev–Trinajstić information content (AvgIpc) is 3.17. The predicted molar refractivity (Wildman–Crippen MR) is 113 cm³/mol. The highest BCUT2D eigenvalue weighted by Gasteiger charge is 2.22. The number of urea groups is 1. The molecule has 0 aliphatic carbocycles. The fourth-order valence-electron chi connectivity index (χ4n) is 3.16. The number of carbonyl (C=O) groups excluding carboxylic acids is 1. The first-order chi connectivity index (χ1) is 14.0. The van der Waals surface area contributed by atoms with Crippen LogP contribution in [0.15, 0.2) is 42.6 Å². The molecule has 1 N–H and O–H groups in total. The molecule has 9 heteroatoms. The zero-order valence-electron chi connectivity index (χ0n) is 16.3. The van der Waals surface area contributed by atoms with Crippen LogP contribution >= 0.6 is 11.6 Å². The van der Waals surface area contributed by atoms with Crippen LogP contribution in [0.4, 0.5) is 16.3 Å². The third kappa shape index (κ3) is 4.32. The van der Waals surface area contributed by atoms with Gasteiger partial charge in [-0.2, -0.15) is 5.10 Å². The van der Waals surface area contributed by atoms with E-state index in [1.807, 2.05) is 50.4 Å². The number of aryl methyl sites for hydroxylation is 2. The zero-order chi connectivity index (χ0) is 20.4. The summed E-state index contributed by atoms with van der Waals surface area (Å²) in [5.74, 6) is 1.47. The molecule has 2 aromatic heterocycles. The Balaban J connectivity index is 1.34. The fraction of sp³-hybridized carbons (Fsp3) is 0.300. The van der Waals surface area contributed by atoms with Gasteiger partial charge in [0.1, 0.15) is 0 Å². The molecular formula is C20H22ClN7O. The maximum Gasteiger partial charge on any atom is 0.321 e. The number of rotatable bonds is 3. The van der Waals surface area contributed by atoms with Gasteiger partial charge in [0.15, 0.2) is 11.6 Å². The summed E-state index contributed by atoms with van der Waals surface area (Å²) >= 11 is 6.13. The number of amides is 2.